The SMILES string of the molecule is CC(=O)NC1C(Oc2ccccc2-c2cccc(C)c2)OC(CO)C(O)C1O. The van der Waals surface area contributed by atoms with Gasteiger partial charge in [0.15, 0.2) is 0 Å². The predicted molar refractivity (Wildman–Crippen MR) is 103 cm³/mol. The van der Waals surface area contributed by atoms with E-state index in [-0.39, 0.29) is 0 Å². The number of para-hydroxylation sites is 1. The summed E-state index contributed by atoms with van der Waals surface area (Å²) in [4.78, 5) is 11.6. The molecule has 1 aliphatic heterocycles. The smallest absolute Gasteiger partial charge is 0.223 e. The Morgan fingerprint density at radius 1 is 1.14 bits per heavy atom. The zero-order valence-electron chi connectivity index (χ0n) is 15.8. The van der Waals surface area contributed by atoms with Gasteiger partial charge < -0.3 is 30.1 Å². The number of carbonyl (C=O) groups is 1. The number of amides is 1. The zero-order chi connectivity index (χ0) is 20.3. The van der Waals surface area contributed by atoms with Crippen molar-refractivity contribution < 1.29 is 29.6 Å². The van der Waals surface area contributed by atoms with Gasteiger partial charge in [-0.1, -0.05) is 48.0 Å². The molecule has 5 atom stereocenters. The molecule has 0 spiro atoms. The molecule has 28 heavy (non-hydrogen) atoms. The number of ether oxygens (including phenoxy) is 2. The first-order valence-electron chi connectivity index (χ1n) is 9.13. The summed E-state index contributed by atoms with van der Waals surface area (Å²) in [5.41, 5.74) is 2.86. The van der Waals surface area contributed by atoms with Crippen molar-refractivity contribution in [1.82, 2.24) is 5.32 Å². The van der Waals surface area contributed by atoms with E-state index in [1.807, 2.05) is 43.3 Å². The summed E-state index contributed by atoms with van der Waals surface area (Å²) in [6.45, 7) is 2.80. The highest BCUT2D eigenvalue weighted by molar-refractivity contribution is 5.73. The molecule has 3 rings (SSSR count). The minimum Gasteiger partial charge on any atom is -0.462 e. The van der Waals surface area contributed by atoms with Gasteiger partial charge >= 0.3 is 0 Å². The first-order chi connectivity index (χ1) is 13.4. The van der Waals surface area contributed by atoms with E-state index in [1.165, 1.54) is 6.92 Å². The van der Waals surface area contributed by atoms with E-state index in [4.69, 9.17) is 9.47 Å². The lowest BCUT2D eigenvalue weighted by atomic mass is 9.96. The van der Waals surface area contributed by atoms with Crippen molar-refractivity contribution in [2.45, 2.75) is 44.5 Å². The number of hydrogen-bond acceptors (Lipinski definition) is 6. The molecule has 0 radical (unpaired) electrons. The summed E-state index contributed by atoms with van der Waals surface area (Å²) < 4.78 is 11.7. The lowest BCUT2D eigenvalue weighted by Gasteiger charge is -2.42. The fourth-order valence-electron chi connectivity index (χ4n) is 3.32. The van der Waals surface area contributed by atoms with Gasteiger partial charge in [-0.05, 0) is 18.6 Å². The summed E-state index contributed by atoms with van der Waals surface area (Å²) in [7, 11) is 0. The Bertz CT molecular complexity index is 826. The minimum atomic E-state index is -1.36. The second-order valence-corrected chi connectivity index (χ2v) is 6.92. The van der Waals surface area contributed by atoms with Gasteiger partial charge in [-0.15, -0.1) is 0 Å². The minimum absolute atomic E-state index is 0.400. The lowest BCUT2D eigenvalue weighted by molar-refractivity contribution is -0.244. The van der Waals surface area contributed by atoms with Crippen LogP contribution >= 0.6 is 0 Å². The molecule has 2 aromatic rings. The molecule has 0 bridgehead atoms. The van der Waals surface area contributed by atoms with Crippen LogP contribution in [0.15, 0.2) is 48.5 Å². The molecule has 7 nitrogen and oxygen atoms in total. The van der Waals surface area contributed by atoms with E-state index in [0.717, 1.165) is 16.7 Å². The second kappa shape index (κ2) is 8.70. The van der Waals surface area contributed by atoms with Gasteiger partial charge in [0.05, 0.1) is 6.61 Å². The Morgan fingerprint density at radius 2 is 1.89 bits per heavy atom. The molecular weight excluding hydrogens is 362 g/mol. The van der Waals surface area contributed by atoms with Crippen LogP contribution in [0.2, 0.25) is 0 Å². The number of rotatable bonds is 5. The third-order valence-corrected chi connectivity index (χ3v) is 4.71. The highest BCUT2D eigenvalue weighted by atomic mass is 16.7. The number of carbonyl (C=O) groups excluding carboxylic acids is 1. The van der Waals surface area contributed by atoms with Crippen molar-refractivity contribution in [3.8, 4) is 16.9 Å². The standard InChI is InChI=1S/C21H25NO6/c1-12-6-5-7-14(10-12)15-8-3-4-9-16(15)27-21-18(22-13(2)24)20(26)19(25)17(11-23)28-21/h3-10,17-21,23,25-26H,11H2,1-2H3,(H,22,24). The van der Waals surface area contributed by atoms with Crippen molar-refractivity contribution in [2.75, 3.05) is 6.61 Å². The van der Waals surface area contributed by atoms with Crippen molar-refractivity contribution in [3.63, 3.8) is 0 Å². The molecule has 1 amide bonds. The highest BCUT2D eigenvalue weighted by Crippen LogP contribution is 2.33. The Morgan fingerprint density at radius 3 is 2.57 bits per heavy atom. The normalized spacial score (nSPS) is 27.2. The third kappa shape index (κ3) is 4.34. The van der Waals surface area contributed by atoms with Gasteiger partial charge in [0.1, 0.15) is 30.1 Å². The van der Waals surface area contributed by atoms with E-state index in [0.29, 0.717) is 5.75 Å². The first kappa shape index (κ1) is 20.3. The van der Waals surface area contributed by atoms with Crippen LogP contribution in [0, 0.1) is 6.92 Å². The van der Waals surface area contributed by atoms with Crippen molar-refractivity contribution >= 4 is 5.91 Å². The van der Waals surface area contributed by atoms with Gasteiger partial charge in [0, 0.05) is 12.5 Å². The molecule has 0 aliphatic carbocycles. The molecule has 0 saturated carbocycles. The first-order valence-corrected chi connectivity index (χ1v) is 9.13. The summed E-state index contributed by atoms with van der Waals surface area (Å²) in [6.07, 6.45) is -4.83. The van der Waals surface area contributed by atoms with E-state index in [9.17, 15) is 20.1 Å². The van der Waals surface area contributed by atoms with Gasteiger partial charge in [-0.25, -0.2) is 0 Å². The number of aryl methyl sites for hydroxylation is 1. The number of nitrogens with one attached hydrogen (secondary N) is 1. The van der Waals surface area contributed by atoms with E-state index >= 15 is 0 Å². The zero-order valence-corrected chi connectivity index (χ0v) is 15.8. The lowest BCUT2D eigenvalue weighted by Crippen LogP contribution is -2.65. The molecular formula is C21H25NO6. The van der Waals surface area contributed by atoms with Crippen LogP contribution in [-0.2, 0) is 9.53 Å². The average Bonchev–Trinajstić information content (AvgIpc) is 2.67. The maximum Gasteiger partial charge on any atom is 0.223 e. The summed E-state index contributed by atoms with van der Waals surface area (Å²) >= 11 is 0. The van der Waals surface area contributed by atoms with Gasteiger partial charge in [0.25, 0.3) is 0 Å². The Balaban J connectivity index is 1.93. The van der Waals surface area contributed by atoms with Crippen LogP contribution < -0.4 is 10.1 Å². The van der Waals surface area contributed by atoms with Crippen LogP contribution in [-0.4, -0.2) is 58.5 Å². The summed E-state index contributed by atoms with van der Waals surface area (Å²) in [5, 5.41) is 32.6. The average molecular weight is 387 g/mol. The monoisotopic (exact) mass is 387 g/mol. The van der Waals surface area contributed by atoms with Crippen molar-refractivity contribution in [1.29, 1.82) is 0 Å². The van der Waals surface area contributed by atoms with Crippen molar-refractivity contribution in [2.24, 2.45) is 0 Å². The van der Waals surface area contributed by atoms with E-state index < -0.39 is 43.2 Å². The fraction of sp³-hybridized carbons (Fsp3) is 0.381. The molecule has 1 saturated heterocycles. The molecule has 0 aromatic heterocycles. The molecule has 150 valence electrons. The Labute approximate surface area is 163 Å². The maximum atomic E-state index is 11.6. The molecule has 1 heterocycles. The van der Waals surface area contributed by atoms with Crippen LogP contribution in [0.1, 0.15) is 12.5 Å². The second-order valence-electron chi connectivity index (χ2n) is 6.92. The third-order valence-electron chi connectivity index (χ3n) is 4.71. The fourth-order valence-corrected chi connectivity index (χ4v) is 3.32. The molecule has 2 aromatic carbocycles. The molecule has 5 unspecified atom stereocenters. The Hall–Kier alpha value is -2.45. The van der Waals surface area contributed by atoms with E-state index in [1.54, 1.807) is 12.1 Å². The molecule has 1 fully saturated rings. The van der Waals surface area contributed by atoms with Crippen LogP contribution in [0.5, 0.6) is 5.75 Å². The van der Waals surface area contributed by atoms with Crippen LogP contribution in [0.4, 0.5) is 0 Å². The maximum absolute atomic E-state index is 11.6. The Kier molecular flexibility index (Phi) is 6.31. The topological polar surface area (TPSA) is 108 Å². The molecule has 4 N–H and O–H groups in total. The number of benzene rings is 2. The van der Waals surface area contributed by atoms with Gasteiger partial charge in [0.2, 0.25) is 12.2 Å². The highest BCUT2D eigenvalue weighted by Gasteiger charge is 2.46. The van der Waals surface area contributed by atoms with Gasteiger partial charge in [-0.2, -0.15) is 0 Å². The van der Waals surface area contributed by atoms with Crippen LogP contribution in [0.25, 0.3) is 11.1 Å². The van der Waals surface area contributed by atoms with E-state index in [2.05, 4.69) is 5.32 Å². The van der Waals surface area contributed by atoms with Crippen molar-refractivity contribution in [3.05, 3.63) is 54.1 Å². The number of aliphatic hydroxyl groups excluding tert-OH is 3. The predicted octanol–water partition coefficient (Wildman–Crippen LogP) is 0.985. The number of aliphatic hydroxyl groups is 3. The summed E-state index contributed by atoms with van der Waals surface area (Å²) in [6, 6.07) is 14.3. The largest absolute Gasteiger partial charge is 0.462 e. The number of hydrogen-bond donors (Lipinski definition) is 4. The van der Waals surface area contributed by atoms with Gasteiger partial charge in [-0.3, -0.25) is 4.79 Å². The summed E-state index contributed by atoms with van der Waals surface area (Å²) in [5.74, 6) is 0.0941. The molecule has 7 heteroatoms. The van der Waals surface area contributed by atoms with Crippen LogP contribution in [0.3, 0.4) is 0 Å². The quantitative estimate of drug-likeness (QED) is 0.609. The molecule has 1 aliphatic rings.